The highest BCUT2D eigenvalue weighted by Crippen LogP contribution is 2.22. The van der Waals surface area contributed by atoms with Crippen molar-refractivity contribution in [1.29, 1.82) is 0 Å². The molecule has 0 fully saturated rings. The van der Waals surface area contributed by atoms with E-state index in [1.165, 1.54) is 11.3 Å². The highest BCUT2D eigenvalue weighted by molar-refractivity contribution is 7.17. The summed E-state index contributed by atoms with van der Waals surface area (Å²) in [5.41, 5.74) is 1.84. The Bertz CT molecular complexity index is 368. The maximum atomic E-state index is 11.1. The van der Waals surface area contributed by atoms with E-state index in [-0.39, 0.29) is 5.78 Å². The van der Waals surface area contributed by atoms with Gasteiger partial charge in [0.05, 0.1) is 10.6 Å². The lowest BCUT2D eigenvalue weighted by Crippen LogP contribution is -2.00. The number of anilines is 1. The summed E-state index contributed by atoms with van der Waals surface area (Å²) in [7, 11) is 0. The van der Waals surface area contributed by atoms with Crippen LogP contribution in [-0.4, -0.2) is 17.3 Å². The van der Waals surface area contributed by atoms with Crippen LogP contribution in [0, 0.1) is 6.92 Å². The van der Waals surface area contributed by atoms with E-state index in [9.17, 15) is 4.79 Å². The summed E-state index contributed by atoms with van der Waals surface area (Å²) in [4.78, 5) is 16.1. The molecule has 76 valence electrons. The van der Waals surface area contributed by atoms with E-state index in [2.05, 4.69) is 16.9 Å². The first-order valence-electron chi connectivity index (χ1n) is 4.37. The van der Waals surface area contributed by atoms with Gasteiger partial charge >= 0.3 is 0 Å². The molecule has 14 heavy (non-hydrogen) atoms. The van der Waals surface area contributed by atoms with Crippen molar-refractivity contribution in [2.45, 2.75) is 20.8 Å². The summed E-state index contributed by atoms with van der Waals surface area (Å²) in [6.07, 6.45) is 0. The van der Waals surface area contributed by atoms with E-state index in [0.29, 0.717) is 6.54 Å². The molecule has 1 rings (SSSR count). The Kier molecular flexibility index (Phi) is 3.41. The molecule has 0 aliphatic carbocycles. The molecule has 0 saturated carbocycles. The monoisotopic (exact) mass is 210 g/mol. The molecule has 0 atom stereocenters. The fraction of sp³-hybridized carbons (Fsp3) is 0.400. The minimum absolute atomic E-state index is 0.0726. The summed E-state index contributed by atoms with van der Waals surface area (Å²) < 4.78 is 0. The fourth-order valence-corrected chi connectivity index (χ4v) is 1.88. The molecule has 0 radical (unpaired) electrons. The molecule has 0 aliphatic rings. The van der Waals surface area contributed by atoms with Crippen LogP contribution in [0.1, 0.15) is 29.2 Å². The smallest absolute Gasteiger partial charge is 0.183 e. The number of carbonyl (C=O) groups excluding carboxylic acids is 1. The molecule has 0 spiro atoms. The summed E-state index contributed by atoms with van der Waals surface area (Å²) in [5.74, 6) is 0.0726. The van der Waals surface area contributed by atoms with Gasteiger partial charge in [-0.05, 0) is 13.8 Å². The van der Waals surface area contributed by atoms with E-state index in [1.54, 1.807) is 6.92 Å². The van der Waals surface area contributed by atoms with Crippen molar-refractivity contribution in [3.05, 3.63) is 22.7 Å². The number of nitrogens with zero attached hydrogens (tertiary/aromatic N) is 1. The number of carbonyl (C=O) groups is 1. The lowest BCUT2D eigenvalue weighted by atomic mass is 10.3. The number of rotatable bonds is 4. The predicted octanol–water partition coefficient (Wildman–Crippen LogP) is 2.64. The maximum absolute atomic E-state index is 11.1. The molecule has 0 aromatic carbocycles. The van der Waals surface area contributed by atoms with Crippen LogP contribution in [0.5, 0.6) is 0 Å². The molecule has 1 aromatic heterocycles. The van der Waals surface area contributed by atoms with Gasteiger partial charge in [0.1, 0.15) is 0 Å². The molecule has 1 N–H and O–H groups in total. The van der Waals surface area contributed by atoms with Crippen molar-refractivity contribution in [3.8, 4) is 0 Å². The van der Waals surface area contributed by atoms with Crippen molar-refractivity contribution in [1.82, 2.24) is 4.98 Å². The largest absolute Gasteiger partial charge is 0.358 e. The number of aryl methyl sites for hydroxylation is 1. The van der Waals surface area contributed by atoms with Crippen LogP contribution in [-0.2, 0) is 0 Å². The van der Waals surface area contributed by atoms with Crippen molar-refractivity contribution < 1.29 is 4.79 Å². The van der Waals surface area contributed by atoms with Gasteiger partial charge in [0.2, 0.25) is 0 Å². The zero-order valence-electron chi connectivity index (χ0n) is 8.68. The van der Waals surface area contributed by atoms with Gasteiger partial charge in [0.15, 0.2) is 10.9 Å². The van der Waals surface area contributed by atoms with Crippen LogP contribution in [0.4, 0.5) is 5.13 Å². The van der Waals surface area contributed by atoms with Gasteiger partial charge < -0.3 is 5.32 Å². The third kappa shape index (κ3) is 2.67. The molecular weight excluding hydrogens is 196 g/mol. The molecule has 1 heterocycles. The standard InChI is InChI=1S/C10H14N2OS/c1-6(2)5-11-10-12-7(3)9(14-10)8(4)13/h1,5H2,2-4H3,(H,11,12). The third-order valence-corrected chi connectivity index (χ3v) is 2.87. The Morgan fingerprint density at radius 3 is 2.64 bits per heavy atom. The lowest BCUT2D eigenvalue weighted by Gasteiger charge is -1.99. The van der Waals surface area contributed by atoms with E-state index in [4.69, 9.17) is 0 Å². The fourth-order valence-electron chi connectivity index (χ4n) is 1.03. The second-order valence-electron chi connectivity index (χ2n) is 3.30. The Labute approximate surface area is 87.9 Å². The number of thiazole rings is 1. The zero-order valence-corrected chi connectivity index (χ0v) is 9.49. The second kappa shape index (κ2) is 4.37. The normalized spacial score (nSPS) is 9.93. The topological polar surface area (TPSA) is 42.0 Å². The number of ketones is 1. The number of hydrogen-bond donors (Lipinski definition) is 1. The first kappa shape index (κ1) is 10.9. The molecule has 1 aromatic rings. The Balaban J connectivity index is 2.76. The van der Waals surface area contributed by atoms with Crippen molar-refractivity contribution in [2.75, 3.05) is 11.9 Å². The number of nitrogens with one attached hydrogen (secondary N) is 1. The van der Waals surface area contributed by atoms with Crippen LogP contribution in [0.3, 0.4) is 0 Å². The quantitative estimate of drug-likeness (QED) is 0.613. The highest BCUT2D eigenvalue weighted by atomic mass is 32.1. The summed E-state index contributed by atoms with van der Waals surface area (Å²) in [6.45, 7) is 9.83. The van der Waals surface area contributed by atoms with Gasteiger partial charge in [0, 0.05) is 13.5 Å². The zero-order chi connectivity index (χ0) is 10.7. The minimum Gasteiger partial charge on any atom is -0.358 e. The van der Waals surface area contributed by atoms with E-state index in [0.717, 1.165) is 21.3 Å². The molecule has 0 saturated heterocycles. The Hall–Kier alpha value is -1.16. The molecule has 0 amide bonds. The molecule has 0 unspecified atom stereocenters. The average molecular weight is 210 g/mol. The van der Waals surface area contributed by atoms with Crippen LogP contribution >= 0.6 is 11.3 Å². The number of aromatic nitrogens is 1. The van der Waals surface area contributed by atoms with Crippen molar-refractivity contribution in [3.63, 3.8) is 0 Å². The Morgan fingerprint density at radius 1 is 1.57 bits per heavy atom. The van der Waals surface area contributed by atoms with E-state index >= 15 is 0 Å². The summed E-state index contributed by atoms with van der Waals surface area (Å²) >= 11 is 1.40. The lowest BCUT2D eigenvalue weighted by molar-refractivity contribution is 0.102. The van der Waals surface area contributed by atoms with Gasteiger partial charge in [-0.15, -0.1) is 0 Å². The van der Waals surface area contributed by atoms with Gasteiger partial charge in [-0.3, -0.25) is 4.79 Å². The molecule has 3 nitrogen and oxygen atoms in total. The first-order valence-corrected chi connectivity index (χ1v) is 5.19. The predicted molar refractivity (Wildman–Crippen MR) is 60.2 cm³/mol. The summed E-state index contributed by atoms with van der Waals surface area (Å²) in [5, 5.41) is 3.90. The van der Waals surface area contributed by atoms with Crippen LogP contribution in [0.2, 0.25) is 0 Å². The molecule has 4 heteroatoms. The maximum Gasteiger partial charge on any atom is 0.183 e. The molecular formula is C10H14N2OS. The average Bonchev–Trinajstić information content (AvgIpc) is 2.43. The van der Waals surface area contributed by atoms with Gasteiger partial charge in [0.25, 0.3) is 0 Å². The number of Topliss-reactive ketones (excluding diaryl/α,β-unsaturated/α-hetero) is 1. The van der Waals surface area contributed by atoms with Gasteiger partial charge in [-0.2, -0.15) is 0 Å². The third-order valence-electron chi connectivity index (χ3n) is 1.66. The van der Waals surface area contributed by atoms with Crippen molar-refractivity contribution >= 4 is 22.3 Å². The SMILES string of the molecule is C=C(C)CNc1nc(C)c(C(C)=O)s1. The molecule has 0 aliphatic heterocycles. The van der Waals surface area contributed by atoms with Gasteiger partial charge in [-0.1, -0.05) is 23.5 Å². The van der Waals surface area contributed by atoms with E-state index in [1.807, 2.05) is 13.8 Å². The highest BCUT2D eigenvalue weighted by Gasteiger charge is 2.10. The second-order valence-corrected chi connectivity index (χ2v) is 4.30. The minimum atomic E-state index is 0.0726. The van der Waals surface area contributed by atoms with Gasteiger partial charge in [-0.25, -0.2) is 4.98 Å². The Morgan fingerprint density at radius 2 is 2.21 bits per heavy atom. The first-order chi connectivity index (χ1) is 6.50. The van der Waals surface area contributed by atoms with Crippen LogP contribution < -0.4 is 5.32 Å². The number of hydrogen-bond acceptors (Lipinski definition) is 4. The summed E-state index contributed by atoms with van der Waals surface area (Å²) in [6, 6.07) is 0. The van der Waals surface area contributed by atoms with E-state index < -0.39 is 0 Å². The van der Waals surface area contributed by atoms with Crippen molar-refractivity contribution in [2.24, 2.45) is 0 Å². The van der Waals surface area contributed by atoms with Crippen LogP contribution in [0.15, 0.2) is 12.2 Å². The molecule has 0 bridgehead atoms. The van der Waals surface area contributed by atoms with Crippen LogP contribution in [0.25, 0.3) is 0 Å².